The van der Waals surface area contributed by atoms with Crippen molar-refractivity contribution in [2.75, 3.05) is 0 Å². The number of hydrogen-bond donors (Lipinski definition) is 6. The predicted molar refractivity (Wildman–Crippen MR) is 85.8 cm³/mol. The second-order valence-electron chi connectivity index (χ2n) is 3.52. The first kappa shape index (κ1) is 26.8. The van der Waals surface area contributed by atoms with Crippen molar-refractivity contribution in [3.63, 3.8) is 0 Å². The summed E-state index contributed by atoms with van der Waals surface area (Å²) in [6, 6.07) is 11.4. The molecule has 0 amide bonds. The summed E-state index contributed by atoms with van der Waals surface area (Å²) in [5.41, 5.74) is 1.34. The van der Waals surface area contributed by atoms with E-state index in [-0.39, 0.29) is 19.5 Å². The Morgan fingerprint density at radius 2 is 1.43 bits per heavy atom. The second-order valence-corrected chi connectivity index (χ2v) is 8.51. The molecule has 0 atom stereocenters. The van der Waals surface area contributed by atoms with Crippen molar-refractivity contribution in [1.82, 2.24) is 0 Å². The first-order valence-corrected chi connectivity index (χ1v) is 10.8. The summed E-state index contributed by atoms with van der Waals surface area (Å²) in [5, 5.41) is 0. The van der Waals surface area contributed by atoms with Crippen LogP contribution in [0.2, 0.25) is 0 Å². The van der Waals surface area contributed by atoms with Gasteiger partial charge in [0.25, 0.3) is 0 Å². The van der Waals surface area contributed by atoms with Crippen molar-refractivity contribution in [3.8, 4) is 0 Å². The molecule has 1 aromatic rings. The molecule has 1 aromatic carbocycles. The Morgan fingerprint density at radius 1 is 1.00 bits per heavy atom. The Labute approximate surface area is 147 Å². The van der Waals surface area contributed by atoms with E-state index in [0.29, 0.717) is 0 Å². The summed E-state index contributed by atoms with van der Waals surface area (Å²) in [5.74, 6) is 0. The van der Waals surface area contributed by atoms with Crippen LogP contribution in [0.25, 0.3) is 0 Å². The molecule has 0 aliphatic carbocycles. The molecule has 0 fully saturated rings. The van der Waals surface area contributed by atoms with Crippen LogP contribution in [0.1, 0.15) is 25.3 Å². The summed E-state index contributed by atoms with van der Waals surface area (Å²) >= 11 is 7.21. The molecule has 0 heterocycles. The number of hydrogen-bond acceptors (Lipinski definition) is 2. The van der Waals surface area contributed by atoms with Gasteiger partial charge in [0, 0.05) is 19.5 Å². The zero-order valence-corrected chi connectivity index (χ0v) is 17.9. The average Bonchev–Trinajstić information content (AvgIpc) is 2.23. The Balaban J connectivity index is -0.000000254. The van der Waals surface area contributed by atoms with E-state index >= 15 is 0 Å². The minimum Gasteiger partial charge on any atom is -0.325 e. The van der Waals surface area contributed by atoms with Gasteiger partial charge in [-0.3, -0.25) is 0 Å². The smallest absolute Gasteiger partial charge is 0.319 e. The first-order valence-electron chi connectivity index (χ1n) is 5.45. The summed E-state index contributed by atoms with van der Waals surface area (Å²) in [6.45, 7) is -5.40. The van der Waals surface area contributed by atoms with E-state index < -0.39 is 13.4 Å². The Hall–Kier alpha value is 0.903. The molecule has 21 heavy (non-hydrogen) atoms. The maximum absolute atomic E-state index is 7.56. The fourth-order valence-corrected chi connectivity index (χ4v) is 0.953. The third kappa shape index (κ3) is 44.9. The van der Waals surface area contributed by atoms with Crippen molar-refractivity contribution >= 4 is 37.1 Å². The van der Waals surface area contributed by atoms with Crippen molar-refractivity contribution < 1.29 is 48.8 Å². The van der Waals surface area contributed by atoms with Crippen molar-refractivity contribution in [2.45, 2.75) is 26.2 Å². The third-order valence-electron chi connectivity index (χ3n) is 1.57. The van der Waals surface area contributed by atoms with Gasteiger partial charge in [-0.1, -0.05) is 26.2 Å². The SMILES string of the molecule is CCCCc1[c-]cccc1.OP(O)(O)=S.OP(O)(O)=S.[Zn]. The van der Waals surface area contributed by atoms with Crippen molar-refractivity contribution in [1.29, 1.82) is 0 Å². The van der Waals surface area contributed by atoms with E-state index in [1.165, 1.54) is 24.8 Å². The van der Waals surface area contributed by atoms with Gasteiger partial charge in [-0.15, -0.1) is 0 Å². The first-order chi connectivity index (χ1) is 8.93. The molecular formula is C10H19O6P2S2Zn-. The van der Waals surface area contributed by atoms with E-state index in [1.807, 2.05) is 12.1 Å². The molecule has 0 saturated heterocycles. The minimum absolute atomic E-state index is 0. The average molecular weight is 427 g/mol. The van der Waals surface area contributed by atoms with Crippen LogP contribution in [0, 0.1) is 6.07 Å². The molecule has 0 aliphatic rings. The molecule has 0 radical (unpaired) electrons. The van der Waals surface area contributed by atoms with Crippen molar-refractivity contribution in [2.24, 2.45) is 0 Å². The summed E-state index contributed by atoms with van der Waals surface area (Å²) in [4.78, 5) is 45.3. The maximum atomic E-state index is 7.56. The maximum Gasteiger partial charge on any atom is 0.319 e. The zero-order chi connectivity index (χ0) is 16.2. The second kappa shape index (κ2) is 14.5. The Kier molecular flexibility index (Phi) is 18.5. The van der Waals surface area contributed by atoms with Gasteiger partial charge in [-0.2, -0.15) is 35.9 Å². The topological polar surface area (TPSA) is 121 Å². The molecule has 6 N–H and O–H groups in total. The van der Waals surface area contributed by atoms with Gasteiger partial charge in [0.2, 0.25) is 0 Å². The summed E-state index contributed by atoms with van der Waals surface area (Å²) in [7, 11) is 0. The molecule has 6 nitrogen and oxygen atoms in total. The van der Waals surface area contributed by atoms with Crippen molar-refractivity contribution in [3.05, 3.63) is 35.9 Å². The van der Waals surface area contributed by atoms with Gasteiger partial charge in [0.1, 0.15) is 0 Å². The molecule has 11 heteroatoms. The summed E-state index contributed by atoms with van der Waals surface area (Å²) < 4.78 is 0. The van der Waals surface area contributed by atoms with Crippen LogP contribution in [0.4, 0.5) is 0 Å². The predicted octanol–water partition coefficient (Wildman–Crippen LogP) is 1.20. The number of benzene rings is 1. The van der Waals surface area contributed by atoms with E-state index in [2.05, 4.69) is 48.7 Å². The zero-order valence-electron chi connectivity index (χ0n) is 11.5. The number of unbranched alkanes of at least 4 members (excludes halogenated alkanes) is 1. The molecule has 0 unspecified atom stereocenters. The Bertz CT molecular complexity index is 400. The van der Waals surface area contributed by atoms with Gasteiger partial charge in [-0.25, -0.2) is 0 Å². The van der Waals surface area contributed by atoms with Gasteiger partial charge >= 0.3 is 13.4 Å². The van der Waals surface area contributed by atoms with E-state index in [4.69, 9.17) is 29.4 Å². The number of rotatable bonds is 3. The molecule has 0 spiro atoms. The molecule has 0 aliphatic heterocycles. The molecule has 0 bridgehead atoms. The summed E-state index contributed by atoms with van der Waals surface area (Å²) in [6.07, 6.45) is 3.72. The fourth-order valence-electron chi connectivity index (χ4n) is 0.953. The quantitative estimate of drug-likeness (QED) is 0.242. The number of aryl methyl sites for hydroxylation is 1. The van der Waals surface area contributed by atoms with Crippen LogP contribution < -0.4 is 0 Å². The van der Waals surface area contributed by atoms with Crippen LogP contribution in [0.15, 0.2) is 24.3 Å². The van der Waals surface area contributed by atoms with Crippen LogP contribution >= 0.6 is 13.4 Å². The van der Waals surface area contributed by atoms with E-state index in [1.54, 1.807) is 0 Å². The largest absolute Gasteiger partial charge is 0.325 e. The van der Waals surface area contributed by atoms with Crippen LogP contribution in [-0.2, 0) is 49.5 Å². The normalized spacial score (nSPS) is 10.2. The van der Waals surface area contributed by atoms with Crippen LogP contribution in [-0.4, -0.2) is 29.4 Å². The molecule has 120 valence electrons. The van der Waals surface area contributed by atoms with Gasteiger partial charge in [0.15, 0.2) is 0 Å². The van der Waals surface area contributed by atoms with Gasteiger partial charge in [0.05, 0.1) is 0 Å². The molecular weight excluding hydrogens is 408 g/mol. The minimum atomic E-state index is -3.81. The van der Waals surface area contributed by atoms with E-state index in [0.717, 1.165) is 0 Å². The molecule has 0 saturated carbocycles. The standard InChI is InChI=1S/C10H13.2H3O3PS.Zn/c1-2-3-7-10-8-5-4-6-9-10;2*1-4(2,3)5;/h4-6,8H,2-3,7H2,1H3;2*(H3,1,2,3,5);/q-1;;;. The van der Waals surface area contributed by atoms with Crippen LogP contribution in [0.3, 0.4) is 0 Å². The third-order valence-corrected chi connectivity index (χ3v) is 1.57. The van der Waals surface area contributed by atoms with Gasteiger partial charge < -0.3 is 29.4 Å². The fraction of sp³-hybridized carbons (Fsp3) is 0.400. The molecule has 0 aromatic heterocycles. The van der Waals surface area contributed by atoms with Crippen LogP contribution in [0.5, 0.6) is 0 Å². The monoisotopic (exact) mass is 425 g/mol. The Morgan fingerprint density at radius 3 is 1.71 bits per heavy atom. The van der Waals surface area contributed by atoms with Gasteiger partial charge in [-0.05, 0) is 23.6 Å². The molecule has 1 rings (SSSR count). The van der Waals surface area contributed by atoms with E-state index in [9.17, 15) is 0 Å².